The maximum atomic E-state index is 13.1. The first-order chi connectivity index (χ1) is 15.1. The molecule has 2 aliphatic carbocycles. The molecule has 6 nitrogen and oxygen atoms in total. The smallest absolute Gasteiger partial charge is 0.251 e. The lowest BCUT2D eigenvalue weighted by molar-refractivity contribution is -0.139. The van der Waals surface area contributed by atoms with Gasteiger partial charge in [-0.3, -0.25) is 19.8 Å². The maximum absolute atomic E-state index is 13.1. The Bertz CT molecular complexity index is 1040. The number of hydrogen-bond donors (Lipinski definition) is 2. The summed E-state index contributed by atoms with van der Waals surface area (Å²) in [4.78, 5) is 38.6. The molecular weight excluding hydrogens is 390 g/mol. The van der Waals surface area contributed by atoms with Crippen LogP contribution < -0.4 is 15.8 Å². The number of hydrazine groups is 1. The number of carbonyl (C=O) groups is 3. The molecule has 1 aliphatic heterocycles. The molecular formula is C25H25N3O3. The Kier molecular flexibility index (Phi) is 5.06. The molecule has 3 amide bonds. The van der Waals surface area contributed by atoms with Crippen LogP contribution in [0.3, 0.4) is 0 Å². The average molecular weight is 415 g/mol. The fourth-order valence-electron chi connectivity index (χ4n) is 4.56. The van der Waals surface area contributed by atoms with Crippen LogP contribution in [0.5, 0.6) is 0 Å². The highest BCUT2D eigenvalue weighted by atomic mass is 16.2. The van der Waals surface area contributed by atoms with Crippen molar-refractivity contribution in [3.63, 3.8) is 0 Å². The number of amides is 3. The minimum atomic E-state index is -0.353. The molecule has 31 heavy (non-hydrogen) atoms. The number of nitrogens with zero attached hydrogens (tertiary/aromatic N) is 1. The van der Waals surface area contributed by atoms with E-state index in [0.29, 0.717) is 30.0 Å². The first kappa shape index (κ1) is 19.5. The summed E-state index contributed by atoms with van der Waals surface area (Å²) in [6.07, 6.45) is 7.27. The van der Waals surface area contributed by atoms with Crippen LogP contribution >= 0.6 is 0 Å². The molecule has 0 spiro atoms. The normalized spacial score (nSPS) is 23.7. The summed E-state index contributed by atoms with van der Waals surface area (Å²) in [6, 6.07) is 16.9. The Labute approximate surface area is 181 Å². The summed E-state index contributed by atoms with van der Waals surface area (Å²) in [5, 5.41) is 4.47. The lowest BCUT2D eigenvalue weighted by Crippen LogP contribution is -2.59. The molecule has 1 saturated carbocycles. The van der Waals surface area contributed by atoms with Crippen LogP contribution in [0.15, 0.2) is 66.7 Å². The number of fused-ring (bicyclic) bond motifs is 1. The molecule has 2 aromatic rings. The lowest BCUT2D eigenvalue weighted by atomic mass is 9.80. The Morgan fingerprint density at radius 3 is 2.45 bits per heavy atom. The van der Waals surface area contributed by atoms with Crippen molar-refractivity contribution in [2.24, 2.45) is 17.8 Å². The third-order valence-electron chi connectivity index (χ3n) is 6.43. The number of benzene rings is 2. The molecule has 0 aromatic heterocycles. The number of nitrogens with one attached hydrogen (secondary N) is 2. The minimum absolute atomic E-state index is 0.0246. The van der Waals surface area contributed by atoms with E-state index < -0.39 is 0 Å². The molecule has 0 radical (unpaired) electrons. The van der Waals surface area contributed by atoms with Crippen molar-refractivity contribution in [3.8, 4) is 0 Å². The van der Waals surface area contributed by atoms with E-state index in [1.54, 1.807) is 24.3 Å². The van der Waals surface area contributed by atoms with E-state index in [0.717, 1.165) is 18.4 Å². The van der Waals surface area contributed by atoms with Gasteiger partial charge in [-0.2, -0.15) is 0 Å². The lowest BCUT2D eigenvalue weighted by Gasteiger charge is -2.38. The van der Waals surface area contributed by atoms with Crippen LogP contribution in [0.4, 0.5) is 5.69 Å². The van der Waals surface area contributed by atoms with Crippen molar-refractivity contribution in [1.82, 2.24) is 10.7 Å². The Hall–Kier alpha value is -3.41. The van der Waals surface area contributed by atoms with Gasteiger partial charge < -0.3 is 5.32 Å². The predicted octanol–water partition coefficient (Wildman–Crippen LogP) is 3.53. The zero-order chi connectivity index (χ0) is 21.4. The van der Waals surface area contributed by atoms with Gasteiger partial charge in [-0.25, -0.2) is 5.01 Å². The molecule has 2 N–H and O–H groups in total. The molecule has 0 bridgehead atoms. The molecule has 158 valence electrons. The second-order valence-electron chi connectivity index (χ2n) is 8.56. The van der Waals surface area contributed by atoms with Crippen molar-refractivity contribution in [3.05, 3.63) is 77.9 Å². The van der Waals surface area contributed by atoms with Gasteiger partial charge in [0.1, 0.15) is 0 Å². The zero-order valence-electron chi connectivity index (χ0n) is 17.2. The van der Waals surface area contributed by atoms with Crippen LogP contribution in [-0.2, 0) is 9.59 Å². The SMILES string of the molecule is O=C(N[C@H](c1ccccc1)C1CC1)c1cccc(N2NC(=O)[C@@H]3CC=CC[C@H]3C2=O)c1. The fraction of sp³-hybridized carbons (Fsp3) is 0.320. The largest absolute Gasteiger partial charge is 0.345 e. The van der Waals surface area contributed by atoms with Gasteiger partial charge in [0.05, 0.1) is 23.6 Å². The van der Waals surface area contributed by atoms with Crippen molar-refractivity contribution in [2.75, 3.05) is 5.01 Å². The van der Waals surface area contributed by atoms with Crippen LogP contribution in [0.2, 0.25) is 0 Å². The van der Waals surface area contributed by atoms with E-state index in [2.05, 4.69) is 10.7 Å². The topological polar surface area (TPSA) is 78.5 Å². The van der Waals surface area contributed by atoms with E-state index in [9.17, 15) is 14.4 Å². The quantitative estimate of drug-likeness (QED) is 0.734. The monoisotopic (exact) mass is 415 g/mol. The van der Waals surface area contributed by atoms with Crippen LogP contribution in [0.1, 0.15) is 47.6 Å². The van der Waals surface area contributed by atoms with Gasteiger partial charge >= 0.3 is 0 Å². The summed E-state index contributed by atoms with van der Waals surface area (Å²) in [5.74, 6) is -0.682. The summed E-state index contributed by atoms with van der Waals surface area (Å²) < 4.78 is 0. The third-order valence-corrected chi connectivity index (χ3v) is 6.43. The Balaban J connectivity index is 1.36. The summed E-state index contributed by atoms with van der Waals surface area (Å²) in [7, 11) is 0. The predicted molar refractivity (Wildman–Crippen MR) is 117 cm³/mol. The average Bonchev–Trinajstić information content (AvgIpc) is 3.66. The molecule has 1 heterocycles. The van der Waals surface area contributed by atoms with E-state index in [1.807, 2.05) is 42.5 Å². The maximum Gasteiger partial charge on any atom is 0.251 e. The van der Waals surface area contributed by atoms with Gasteiger partial charge in [0.25, 0.3) is 5.91 Å². The molecule has 3 aliphatic rings. The number of anilines is 1. The van der Waals surface area contributed by atoms with Crippen molar-refractivity contribution >= 4 is 23.4 Å². The molecule has 3 atom stereocenters. The van der Waals surface area contributed by atoms with Crippen molar-refractivity contribution < 1.29 is 14.4 Å². The highest BCUT2D eigenvalue weighted by Gasteiger charge is 2.42. The first-order valence-electron chi connectivity index (χ1n) is 10.9. The van der Waals surface area contributed by atoms with Crippen LogP contribution in [0, 0.1) is 17.8 Å². The van der Waals surface area contributed by atoms with Gasteiger partial charge in [-0.15, -0.1) is 0 Å². The summed E-state index contributed by atoms with van der Waals surface area (Å²) in [6.45, 7) is 0. The highest BCUT2D eigenvalue weighted by Crippen LogP contribution is 2.41. The summed E-state index contributed by atoms with van der Waals surface area (Å²) >= 11 is 0. The van der Waals surface area contributed by atoms with Gasteiger partial charge in [0.2, 0.25) is 11.8 Å². The van der Waals surface area contributed by atoms with Gasteiger partial charge in [-0.1, -0.05) is 48.6 Å². The fourth-order valence-corrected chi connectivity index (χ4v) is 4.56. The van der Waals surface area contributed by atoms with E-state index in [4.69, 9.17) is 0 Å². The molecule has 6 heteroatoms. The molecule has 5 rings (SSSR count). The number of hydrogen-bond acceptors (Lipinski definition) is 3. The zero-order valence-corrected chi connectivity index (χ0v) is 17.2. The molecule has 2 aromatic carbocycles. The standard InChI is InChI=1S/C25H25N3O3/c29-23(26-22(17-13-14-17)16-7-2-1-3-8-16)18-9-6-10-19(15-18)28-25(31)21-12-5-4-11-20(21)24(30)27-28/h1-10,15,17,20-22H,11-14H2,(H,26,29)(H,27,30)/t20-,21-,22-/m1/s1. The number of allylic oxidation sites excluding steroid dienone is 2. The second-order valence-corrected chi connectivity index (χ2v) is 8.56. The molecule has 0 unspecified atom stereocenters. The van der Waals surface area contributed by atoms with Gasteiger partial charge in [0.15, 0.2) is 0 Å². The van der Waals surface area contributed by atoms with Crippen molar-refractivity contribution in [2.45, 2.75) is 31.7 Å². The minimum Gasteiger partial charge on any atom is -0.345 e. The number of carbonyl (C=O) groups excluding carboxylic acids is 3. The second kappa shape index (κ2) is 8.02. The molecule has 1 saturated heterocycles. The Morgan fingerprint density at radius 1 is 0.968 bits per heavy atom. The number of rotatable bonds is 5. The van der Waals surface area contributed by atoms with Gasteiger partial charge in [-0.05, 0) is 55.4 Å². The molecule has 2 fully saturated rings. The third kappa shape index (κ3) is 3.85. The Morgan fingerprint density at radius 2 is 1.71 bits per heavy atom. The highest BCUT2D eigenvalue weighted by molar-refractivity contribution is 6.05. The first-order valence-corrected chi connectivity index (χ1v) is 10.9. The van der Waals surface area contributed by atoms with E-state index in [1.165, 1.54) is 5.01 Å². The van der Waals surface area contributed by atoms with E-state index >= 15 is 0 Å². The van der Waals surface area contributed by atoms with Gasteiger partial charge in [0, 0.05) is 5.56 Å². The van der Waals surface area contributed by atoms with Crippen LogP contribution in [-0.4, -0.2) is 17.7 Å². The summed E-state index contributed by atoms with van der Waals surface area (Å²) in [5.41, 5.74) is 4.79. The van der Waals surface area contributed by atoms with Crippen LogP contribution in [0.25, 0.3) is 0 Å². The van der Waals surface area contributed by atoms with E-state index in [-0.39, 0.29) is 35.6 Å². The van der Waals surface area contributed by atoms with Crippen molar-refractivity contribution in [1.29, 1.82) is 0 Å².